The lowest BCUT2D eigenvalue weighted by Gasteiger charge is -2.21. The first-order valence-corrected chi connectivity index (χ1v) is 9.33. The molecule has 0 saturated heterocycles. The van der Waals surface area contributed by atoms with Crippen LogP contribution in [0.1, 0.15) is 44.6 Å². The molecule has 142 valence electrons. The Morgan fingerprint density at radius 2 is 2.07 bits per heavy atom. The maximum absolute atomic E-state index is 13.4. The van der Waals surface area contributed by atoms with Crippen LogP contribution in [0.4, 0.5) is 4.39 Å². The molecule has 0 aliphatic heterocycles. The van der Waals surface area contributed by atoms with Gasteiger partial charge in [0, 0.05) is 12.7 Å². The van der Waals surface area contributed by atoms with Crippen molar-refractivity contribution in [2.24, 2.45) is 5.92 Å². The maximum Gasteiger partial charge on any atom is 0.225 e. The Hall–Kier alpha value is -2.76. The van der Waals surface area contributed by atoms with E-state index in [2.05, 4.69) is 24.1 Å². The summed E-state index contributed by atoms with van der Waals surface area (Å²) in [7, 11) is 0. The number of aryl methyl sites for hydroxylation is 1. The summed E-state index contributed by atoms with van der Waals surface area (Å²) in [6.07, 6.45) is 2.65. The Morgan fingerprint density at radius 3 is 2.78 bits per heavy atom. The first kappa shape index (κ1) is 19.0. The zero-order chi connectivity index (χ0) is 19.4. The number of halogens is 1. The van der Waals surface area contributed by atoms with E-state index >= 15 is 0 Å². The highest BCUT2D eigenvalue weighted by Gasteiger charge is 2.23. The monoisotopic (exact) mass is 368 g/mol. The number of pyridine rings is 1. The fourth-order valence-corrected chi connectivity index (χ4v) is 3.33. The SMILES string of the molecule is CCn1c([C@H](CC(C)C)NC(=O)Cc2cccc(F)c2)nc2cccnc21. The van der Waals surface area contributed by atoms with Crippen LogP contribution in [0.15, 0.2) is 42.6 Å². The van der Waals surface area contributed by atoms with E-state index in [0.717, 1.165) is 30.0 Å². The second-order valence-corrected chi connectivity index (χ2v) is 7.12. The molecule has 1 aromatic carbocycles. The predicted molar refractivity (Wildman–Crippen MR) is 104 cm³/mol. The van der Waals surface area contributed by atoms with Crippen molar-refractivity contribution >= 4 is 17.1 Å². The van der Waals surface area contributed by atoms with Gasteiger partial charge in [0.2, 0.25) is 5.91 Å². The molecule has 0 spiro atoms. The summed E-state index contributed by atoms with van der Waals surface area (Å²) in [5.41, 5.74) is 2.30. The summed E-state index contributed by atoms with van der Waals surface area (Å²) in [6, 6.07) is 9.71. The second kappa shape index (κ2) is 8.29. The normalized spacial score (nSPS) is 12.5. The molecule has 0 aliphatic carbocycles. The molecular formula is C21H25FN4O. The van der Waals surface area contributed by atoms with Gasteiger partial charge in [-0.2, -0.15) is 0 Å². The van der Waals surface area contributed by atoms with Crippen molar-refractivity contribution in [1.82, 2.24) is 19.9 Å². The molecule has 27 heavy (non-hydrogen) atoms. The average Bonchev–Trinajstić information content (AvgIpc) is 2.99. The Kier molecular flexibility index (Phi) is 5.84. The van der Waals surface area contributed by atoms with E-state index in [1.165, 1.54) is 12.1 Å². The molecule has 0 saturated carbocycles. The Bertz CT molecular complexity index is 935. The van der Waals surface area contributed by atoms with Gasteiger partial charge in [-0.3, -0.25) is 4.79 Å². The van der Waals surface area contributed by atoms with Crippen LogP contribution in [-0.4, -0.2) is 20.4 Å². The summed E-state index contributed by atoms with van der Waals surface area (Å²) in [4.78, 5) is 21.8. The zero-order valence-electron chi connectivity index (χ0n) is 15.9. The quantitative estimate of drug-likeness (QED) is 0.685. The lowest BCUT2D eigenvalue weighted by Crippen LogP contribution is -2.32. The number of imidazole rings is 1. The topological polar surface area (TPSA) is 59.8 Å². The van der Waals surface area contributed by atoms with E-state index in [9.17, 15) is 9.18 Å². The molecule has 0 fully saturated rings. The Labute approximate surface area is 158 Å². The van der Waals surface area contributed by atoms with Gasteiger partial charge in [-0.15, -0.1) is 0 Å². The van der Waals surface area contributed by atoms with Crippen LogP contribution in [0.2, 0.25) is 0 Å². The van der Waals surface area contributed by atoms with E-state index in [-0.39, 0.29) is 24.2 Å². The summed E-state index contributed by atoms with van der Waals surface area (Å²) in [5, 5.41) is 3.10. The highest BCUT2D eigenvalue weighted by atomic mass is 19.1. The van der Waals surface area contributed by atoms with E-state index in [1.54, 1.807) is 18.3 Å². The fraction of sp³-hybridized carbons (Fsp3) is 0.381. The van der Waals surface area contributed by atoms with Gasteiger partial charge in [0.1, 0.15) is 17.2 Å². The average molecular weight is 368 g/mol. The number of carbonyl (C=O) groups excluding carboxylic acids is 1. The van der Waals surface area contributed by atoms with Crippen LogP contribution in [0, 0.1) is 11.7 Å². The van der Waals surface area contributed by atoms with Gasteiger partial charge < -0.3 is 9.88 Å². The minimum absolute atomic E-state index is 0.136. The third-order valence-corrected chi connectivity index (χ3v) is 4.46. The van der Waals surface area contributed by atoms with E-state index < -0.39 is 0 Å². The van der Waals surface area contributed by atoms with Crippen molar-refractivity contribution in [3.8, 4) is 0 Å². The van der Waals surface area contributed by atoms with Crippen LogP contribution in [0.5, 0.6) is 0 Å². The van der Waals surface area contributed by atoms with Crippen LogP contribution in [0.25, 0.3) is 11.2 Å². The van der Waals surface area contributed by atoms with Gasteiger partial charge >= 0.3 is 0 Å². The highest BCUT2D eigenvalue weighted by Crippen LogP contribution is 2.24. The van der Waals surface area contributed by atoms with Crippen LogP contribution < -0.4 is 5.32 Å². The van der Waals surface area contributed by atoms with Crippen molar-refractivity contribution in [3.63, 3.8) is 0 Å². The number of fused-ring (bicyclic) bond motifs is 1. The number of nitrogens with zero attached hydrogens (tertiary/aromatic N) is 3. The molecule has 1 N–H and O–H groups in total. The van der Waals surface area contributed by atoms with Crippen molar-refractivity contribution in [2.45, 2.75) is 46.2 Å². The second-order valence-electron chi connectivity index (χ2n) is 7.12. The number of hydrogen-bond acceptors (Lipinski definition) is 3. The number of benzene rings is 1. The van der Waals surface area contributed by atoms with Gasteiger partial charge in [0.15, 0.2) is 5.65 Å². The highest BCUT2D eigenvalue weighted by molar-refractivity contribution is 5.79. The molecule has 1 amide bonds. The third-order valence-electron chi connectivity index (χ3n) is 4.46. The molecule has 0 radical (unpaired) electrons. The smallest absolute Gasteiger partial charge is 0.225 e. The number of amides is 1. The summed E-state index contributed by atoms with van der Waals surface area (Å²) >= 11 is 0. The first-order valence-electron chi connectivity index (χ1n) is 9.33. The number of nitrogens with one attached hydrogen (secondary N) is 1. The van der Waals surface area contributed by atoms with Crippen LogP contribution in [0.3, 0.4) is 0 Å². The number of hydrogen-bond donors (Lipinski definition) is 1. The molecule has 0 bridgehead atoms. The van der Waals surface area contributed by atoms with Gasteiger partial charge in [-0.1, -0.05) is 26.0 Å². The summed E-state index contributed by atoms with van der Waals surface area (Å²) < 4.78 is 15.4. The lowest BCUT2D eigenvalue weighted by molar-refractivity contribution is -0.121. The van der Waals surface area contributed by atoms with Gasteiger partial charge in [-0.25, -0.2) is 14.4 Å². The standard InChI is InChI=1S/C21H25FN4O/c1-4-26-20-17(9-6-10-23-20)25-21(26)18(11-14(2)3)24-19(27)13-15-7-5-8-16(22)12-15/h5-10,12,14,18H,4,11,13H2,1-3H3,(H,24,27)/t18-/m0/s1. The van der Waals surface area contributed by atoms with Gasteiger partial charge in [0.25, 0.3) is 0 Å². The maximum atomic E-state index is 13.4. The Morgan fingerprint density at radius 1 is 1.26 bits per heavy atom. The molecule has 1 atom stereocenters. The fourth-order valence-electron chi connectivity index (χ4n) is 3.33. The van der Waals surface area contributed by atoms with Crippen molar-refractivity contribution in [1.29, 1.82) is 0 Å². The van der Waals surface area contributed by atoms with Crippen molar-refractivity contribution < 1.29 is 9.18 Å². The van der Waals surface area contributed by atoms with E-state index in [4.69, 9.17) is 4.98 Å². The van der Waals surface area contributed by atoms with E-state index in [0.29, 0.717) is 11.5 Å². The molecule has 3 rings (SSSR count). The summed E-state index contributed by atoms with van der Waals surface area (Å²) in [5.74, 6) is 0.710. The van der Waals surface area contributed by atoms with Crippen LogP contribution >= 0.6 is 0 Å². The molecule has 0 aliphatic rings. The summed E-state index contributed by atoms with van der Waals surface area (Å²) in [6.45, 7) is 6.99. The van der Waals surface area contributed by atoms with Crippen LogP contribution in [-0.2, 0) is 17.8 Å². The molecule has 0 unspecified atom stereocenters. The van der Waals surface area contributed by atoms with Crippen molar-refractivity contribution in [3.05, 3.63) is 59.8 Å². The van der Waals surface area contributed by atoms with Gasteiger partial charge in [0.05, 0.1) is 12.5 Å². The molecule has 2 aromatic heterocycles. The molecule has 2 heterocycles. The minimum atomic E-state index is -0.335. The third kappa shape index (κ3) is 4.51. The minimum Gasteiger partial charge on any atom is -0.346 e. The number of aromatic nitrogens is 3. The Balaban J connectivity index is 1.87. The zero-order valence-corrected chi connectivity index (χ0v) is 15.9. The molecule has 3 aromatic rings. The first-order chi connectivity index (χ1) is 13.0. The number of rotatable bonds is 7. The largest absolute Gasteiger partial charge is 0.346 e. The predicted octanol–water partition coefficient (Wildman–Crippen LogP) is 4.04. The lowest BCUT2D eigenvalue weighted by atomic mass is 10.0. The molecule has 5 nitrogen and oxygen atoms in total. The van der Waals surface area contributed by atoms with E-state index in [1.807, 2.05) is 23.6 Å². The number of carbonyl (C=O) groups is 1. The molecule has 6 heteroatoms. The molecular weight excluding hydrogens is 343 g/mol. The van der Waals surface area contributed by atoms with Crippen molar-refractivity contribution in [2.75, 3.05) is 0 Å². The van der Waals surface area contributed by atoms with Gasteiger partial charge in [-0.05, 0) is 49.1 Å².